The molecule has 3 heterocycles. The number of carbonyl (C=O) groups excluding carboxylic acids is 1. The van der Waals surface area contributed by atoms with E-state index in [-0.39, 0.29) is 34.0 Å². The molecule has 14 heteroatoms. The number of anilines is 3. The molecule has 1 aromatic carbocycles. The van der Waals surface area contributed by atoms with E-state index in [4.69, 9.17) is 38.9 Å². The van der Waals surface area contributed by atoms with Crippen molar-refractivity contribution in [3.63, 3.8) is 0 Å². The first-order chi connectivity index (χ1) is 18.7. The zero-order valence-corrected chi connectivity index (χ0v) is 22.4. The third kappa shape index (κ3) is 5.65. The summed E-state index contributed by atoms with van der Waals surface area (Å²) in [4.78, 5) is 38.5. The molecule has 1 saturated heterocycles. The van der Waals surface area contributed by atoms with Crippen molar-refractivity contribution in [1.29, 1.82) is 5.26 Å². The Balaban J connectivity index is 1.50. The molecule has 2 fully saturated rings. The van der Waals surface area contributed by atoms with Gasteiger partial charge in [0.25, 0.3) is 0 Å². The van der Waals surface area contributed by atoms with Gasteiger partial charge in [0.2, 0.25) is 17.8 Å². The van der Waals surface area contributed by atoms with Crippen molar-refractivity contribution in [2.24, 2.45) is 11.7 Å². The molecule has 0 radical (unpaired) electrons. The second kappa shape index (κ2) is 11.1. The number of nitrogens with one attached hydrogen (secondary N) is 2. The summed E-state index contributed by atoms with van der Waals surface area (Å²) in [5.41, 5.74) is 7.41. The standard InChI is InChI=1S/C25H27Cl2N9O3/c26-17-8-13(10-28)9-18(27)20(17)33-24-32-19-11-30-23(31-15-2-1-7-35(12-15)25(38)39)34-22(19)36(24)16-5-3-14(4-6-16)21(29)37/h8-9,11,14-16H,1-7,12H2,(H2,29,37)(H,32,33)(H,38,39)(H,30,31,34). The van der Waals surface area contributed by atoms with Crippen LogP contribution in [0.2, 0.25) is 10.0 Å². The van der Waals surface area contributed by atoms with E-state index in [1.807, 2.05) is 10.6 Å². The van der Waals surface area contributed by atoms with Gasteiger partial charge in [0.05, 0.1) is 33.6 Å². The van der Waals surface area contributed by atoms with Gasteiger partial charge in [0, 0.05) is 31.1 Å². The number of hydrogen-bond donors (Lipinski definition) is 4. The van der Waals surface area contributed by atoms with Crippen LogP contribution in [-0.4, -0.2) is 60.7 Å². The quantitative estimate of drug-likeness (QED) is 0.331. The molecule has 204 valence electrons. The minimum atomic E-state index is -0.946. The number of aromatic nitrogens is 4. The molecular weight excluding hydrogens is 545 g/mol. The van der Waals surface area contributed by atoms with E-state index >= 15 is 0 Å². The molecule has 1 unspecified atom stereocenters. The number of benzene rings is 1. The van der Waals surface area contributed by atoms with Crippen LogP contribution < -0.4 is 16.4 Å². The molecule has 1 aliphatic carbocycles. The summed E-state index contributed by atoms with van der Waals surface area (Å²) in [5.74, 6) is 0.343. The molecule has 0 spiro atoms. The largest absolute Gasteiger partial charge is 0.465 e. The van der Waals surface area contributed by atoms with Crippen LogP contribution in [0.1, 0.15) is 50.1 Å². The molecule has 39 heavy (non-hydrogen) atoms. The zero-order chi connectivity index (χ0) is 27.7. The number of amides is 2. The van der Waals surface area contributed by atoms with E-state index < -0.39 is 6.09 Å². The number of imidazole rings is 1. The normalized spacial score (nSPS) is 21.4. The van der Waals surface area contributed by atoms with Crippen molar-refractivity contribution in [2.75, 3.05) is 23.7 Å². The lowest BCUT2D eigenvalue weighted by Gasteiger charge is -2.31. The first-order valence-electron chi connectivity index (χ1n) is 12.7. The highest BCUT2D eigenvalue weighted by Gasteiger charge is 2.30. The summed E-state index contributed by atoms with van der Waals surface area (Å²) in [6, 6.07) is 4.91. The Morgan fingerprint density at radius 1 is 1.13 bits per heavy atom. The maximum Gasteiger partial charge on any atom is 0.407 e. The minimum absolute atomic E-state index is 0.0380. The van der Waals surface area contributed by atoms with Gasteiger partial charge in [0.15, 0.2) is 5.65 Å². The fraction of sp³-hybridized carbons (Fsp3) is 0.440. The van der Waals surface area contributed by atoms with Crippen molar-refractivity contribution in [1.82, 2.24) is 24.4 Å². The Hall–Kier alpha value is -3.82. The number of hydrogen-bond acceptors (Lipinski definition) is 8. The lowest BCUT2D eigenvalue weighted by Crippen LogP contribution is -2.44. The molecule has 1 aliphatic heterocycles. The smallest absolute Gasteiger partial charge is 0.407 e. The predicted octanol–water partition coefficient (Wildman–Crippen LogP) is 4.52. The van der Waals surface area contributed by atoms with E-state index in [1.165, 1.54) is 17.0 Å². The van der Waals surface area contributed by atoms with E-state index in [9.17, 15) is 20.0 Å². The first kappa shape index (κ1) is 26.8. The van der Waals surface area contributed by atoms with Crippen molar-refractivity contribution in [3.05, 3.63) is 33.9 Å². The van der Waals surface area contributed by atoms with Gasteiger partial charge in [-0.3, -0.25) is 9.36 Å². The molecular formula is C25H27Cl2N9O3. The van der Waals surface area contributed by atoms with Gasteiger partial charge in [-0.1, -0.05) is 23.2 Å². The highest BCUT2D eigenvalue weighted by Crippen LogP contribution is 2.39. The van der Waals surface area contributed by atoms with Gasteiger partial charge in [-0.15, -0.1) is 0 Å². The number of carboxylic acid groups (broad SMARTS) is 1. The zero-order valence-electron chi connectivity index (χ0n) is 20.9. The molecule has 0 bridgehead atoms. The second-order valence-electron chi connectivity index (χ2n) is 9.88. The maximum atomic E-state index is 11.8. The van der Waals surface area contributed by atoms with E-state index in [0.717, 1.165) is 12.8 Å². The second-order valence-corrected chi connectivity index (χ2v) is 10.7. The van der Waals surface area contributed by atoms with Gasteiger partial charge in [-0.25, -0.2) is 14.8 Å². The number of likely N-dealkylation sites (tertiary alicyclic amines) is 1. The number of piperidine rings is 1. The molecule has 5 N–H and O–H groups in total. The molecule has 3 aromatic rings. The van der Waals surface area contributed by atoms with Crippen LogP contribution in [0.15, 0.2) is 18.3 Å². The van der Waals surface area contributed by atoms with Crippen LogP contribution in [0.3, 0.4) is 0 Å². The number of nitrogens with two attached hydrogens (primary N) is 1. The van der Waals surface area contributed by atoms with Crippen LogP contribution >= 0.6 is 23.2 Å². The summed E-state index contributed by atoms with van der Waals surface area (Å²) >= 11 is 12.9. The number of carbonyl (C=O) groups is 2. The molecule has 1 saturated carbocycles. The lowest BCUT2D eigenvalue weighted by atomic mass is 9.85. The number of rotatable bonds is 6. The number of nitriles is 1. The minimum Gasteiger partial charge on any atom is -0.465 e. The van der Waals surface area contributed by atoms with E-state index in [0.29, 0.717) is 73.1 Å². The van der Waals surface area contributed by atoms with Gasteiger partial charge in [-0.05, 0) is 50.7 Å². The highest BCUT2D eigenvalue weighted by molar-refractivity contribution is 6.39. The first-order valence-corrected chi connectivity index (χ1v) is 13.4. The molecule has 5 rings (SSSR count). The van der Waals surface area contributed by atoms with Crippen LogP contribution in [0.4, 0.5) is 22.4 Å². The number of nitrogens with zero attached hydrogens (tertiary/aromatic N) is 6. The average molecular weight is 572 g/mol. The number of fused-ring (bicyclic) bond motifs is 1. The Kier molecular flexibility index (Phi) is 7.63. The lowest BCUT2D eigenvalue weighted by molar-refractivity contribution is -0.122. The van der Waals surface area contributed by atoms with Crippen LogP contribution in [-0.2, 0) is 4.79 Å². The van der Waals surface area contributed by atoms with Crippen molar-refractivity contribution in [3.8, 4) is 6.07 Å². The summed E-state index contributed by atoms with van der Waals surface area (Å²) in [6.07, 6.45) is 4.86. The molecule has 12 nitrogen and oxygen atoms in total. The molecule has 2 amide bonds. The summed E-state index contributed by atoms with van der Waals surface area (Å²) in [5, 5.41) is 25.6. The fourth-order valence-electron chi connectivity index (χ4n) is 5.33. The fourth-order valence-corrected chi connectivity index (χ4v) is 5.91. The number of halogens is 2. The third-order valence-corrected chi connectivity index (χ3v) is 7.93. The van der Waals surface area contributed by atoms with Crippen molar-refractivity contribution in [2.45, 2.75) is 50.6 Å². The summed E-state index contributed by atoms with van der Waals surface area (Å²) in [7, 11) is 0. The van der Waals surface area contributed by atoms with E-state index in [2.05, 4.69) is 15.6 Å². The highest BCUT2D eigenvalue weighted by atomic mass is 35.5. The Morgan fingerprint density at radius 2 is 1.85 bits per heavy atom. The summed E-state index contributed by atoms with van der Waals surface area (Å²) in [6.45, 7) is 0.846. The summed E-state index contributed by atoms with van der Waals surface area (Å²) < 4.78 is 1.97. The Morgan fingerprint density at radius 3 is 2.49 bits per heavy atom. The van der Waals surface area contributed by atoms with Gasteiger partial charge in [0.1, 0.15) is 5.52 Å². The van der Waals surface area contributed by atoms with Crippen LogP contribution in [0, 0.1) is 17.2 Å². The SMILES string of the molecule is N#Cc1cc(Cl)c(Nc2nc3cnc(NC4CCCN(C(=O)O)C4)nc3n2C2CCC(C(N)=O)CC2)c(Cl)c1. The van der Waals surface area contributed by atoms with Crippen molar-refractivity contribution < 1.29 is 14.7 Å². The maximum absolute atomic E-state index is 11.8. The molecule has 2 aromatic heterocycles. The van der Waals surface area contributed by atoms with E-state index in [1.54, 1.807) is 6.20 Å². The van der Waals surface area contributed by atoms with Crippen molar-refractivity contribution >= 4 is 64.0 Å². The Labute approximate surface area is 234 Å². The molecule has 1 atom stereocenters. The Bertz CT molecular complexity index is 1440. The van der Waals surface area contributed by atoms with Gasteiger partial charge in [-0.2, -0.15) is 10.2 Å². The van der Waals surface area contributed by atoms with Gasteiger partial charge < -0.3 is 26.4 Å². The number of primary amides is 1. The van der Waals surface area contributed by atoms with Crippen LogP contribution in [0.25, 0.3) is 11.2 Å². The average Bonchev–Trinajstić information content (AvgIpc) is 3.28. The van der Waals surface area contributed by atoms with Crippen LogP contribution in [0.5, 0.6) is 0 Å². The third-order valence-electron chi connectivity index (χ3n) is 7.33. The molecule has 2 aliphatic rings. The van der Waals surface area contributed by atoms with Gasteiger partial charge >= 0.3 is 6.09 Å². The monoisotopic (exact) mass is 571 g/mol. The predicted molar refractivity (Wildman–Crippen MR) is 146 cm³/mol. The topological polar surface area (TPSA) is 175 Å².